The molecule has 0 radical (unpaired) electrons. The maximum Gasteiger partial charge on any atom is 0.00225 e. The molecule has 1 atom stereocenters. The second-order valence-corrected chi connectivity index (χ2v) is 4.83. The molecule has 2 heteroatoms. The summed E-state index contributed by atoms with van der Waals surface area (Å²) >= 11 is 0. The average Bonchev–Trinajstić information content (AvgIpc) is 2.31. The van der Waals surface area contributed by atoms with Crippen LogP contribution in [0.2, 0.25) is 0 Å². The number of rotatable bonds is 8. The van der Waals surface area contributed by atoms with Gasteiger partial charge in [-0.25, -0.2) is 0 Å². The Hall–Kier alpha value is -0.860. The number of aryl methyl sites for hydroxylation is 1. The number of benzene rings is 1. The molecule has 0 saturated carbocycles. The molecule has 0 spiro atoms. The first-order valence-electron chi connectivity index (χ1n) is 6.76. The number of hydrogen-bond donors (Lipinski definition) is 2. The largest absolute Gasteiger partial charge is 0.328 e. The maximum atomic E-state index is 5.69. The number of nitrogens with two attached hydrogens (primary N) is 1. The molecule has 0 bridgehead atoms. The summed E-state index contributed by atoms with van der Waals surface area (Å²) in [4.78, 5) is 0. The predicted molar refractivity (Wildman–Crippen MR) is 75.3 cm³/mol. The Morgan fingerprint density at radius 1 is 1.06 bits per heavy atom. The van der Waals surface area contributed by atoms with Crippen molar-refractivity contribution in [1.82, 2.24) is 5.32 Å². The highest BCUT2D eigenvalue weighted by Crippen LogP contribution is 2.06. The third kappa shape index (κ3) is 6.44. The molecule has 96 valence electrons. The Morgan fingerprint density at radius 2 is 1.65 bits per heavy atom. The minimum atomic E-state index is 0.302. The van der Waals surface area contributed by atoms with E-state index in [2.05, 4.69) is 36.5 Å². The van der Waals surface area contributed by atoms with Gasteiger partial charge in [-0.3, -0.25) is 0 Å². The van der Waals surface area contributed by atoms with Gasteiger partial charge in [-0.2, -0.15) is 0 Å². The summed E-state index contributed by atoms with van der Waals surface area (Å²) in [5.74, 6) is 0. The van der Waals surface area contributed by atoms with Crippen molar-refractivity contribution in [2.45, 2.75) is 45.6 Å². The fourth-order valence-corrected chi connectivity index (χ4v) is 1.85. The first-order chi connectivity index (χ1) is 8.22. The van der Waals surface area contributed by atoms with E-state index in [4.69, 9.17) is 5.73 Å². The van der Waals surface area contributed by atoms with Gasteiger partial charge < -0.3 is 11.1 Å². The predicted octanol–water partition coefficient (Wildman–Crippen LogP) is 2.51. The molecular formula is C15H26N2. The topological polar surface area (TPSA) is 38.0 Å². The molecule has 0 aliphatic rings. The van der Waals surface area contributed by atoms with Gasteiger partial charge in [-0.05, 0) is 50.4 Å². The van der Waals surface area contributed by atoms with Crippen LogP contribution in [0.25, 0.3) is 0 Å². The van der Waals surface area contributed by atoms with Crippen molar-refractivity contribution in [2.75, 3.05) is 13.1 Å². The van der Waals surface area contributed by atoms with Crippen LogP contribution in [0.5, 0.6) is 0 Å². The number of hydrogen-bond acceptors (Lipinski definition) is 2. The van der Waals surface area contributed by atoms with E-state index in [1.807, 2.05) is 6.92 Å². The summed E-state index contributed by atoms with van der Waals surface area (Å²) in [5.41, 5.74) is 8.55. The monoisotopic (exact) mass is 234 g/mol. The quantitative estimate of drug-likeness (QED) is 0.678. The van der Waals surface area contributed by atoms with E-state index < -0.39 is 0 Å². The molecule has 0 aromatic heterocycles. The molecule has 0 fully saturated rings. The lowest BCUT2D eigenvalue weighted by Gasteiger charge is -2.07. The summed E-state index contributed by atoms with van der Waals surface area (Å²) < 4.78 is 0. The van der Waals surface area contributed by atoms with Crippen LogP contribution in [0.1, 0.15) is 37.8 Å². The highest BCUT2D eigenvalue weighted by atomic mass is 14.8. The zero-order chi connectivity index (χ0) is 12.5. The maximum absolute atomic E-state index is 5.69. The Balaban J connectivity index is 2.18. The molecule has 0 amide bonds. The zero-order valence-corrected chi connectivity index (χ0v) is 11.2. The van der Waals surface area contributed by atoms with E-state index in [1.165, 1.54) is 24.0 Å². The summed E-state index contributed by atoms with van der Waals surface area (Å²) in [6, 6.07) is 9.30. The second kappa shape index (κ2) is 8.26. The van der Waals surface area contributed by atoms with Gasteiger partial charge in [0.15, 0.2) is 0 Å². The van der Waals surface area contributed by atoms with E-state index in [0.717, 1.165) is 25.9 Å². The van der Waals surface area contributed by atoms with E-state index in [0.29, 0.717) is 6.04 Å². The smallest absolute Gasteiger partial charge is 0.00225 e. The molecule has 0 saturated heterocycles. The van der Waals surface area contributed by atoms with Crippen LogP contribution in [0.4, 0.5) is 0 Å². The first-order valence-corrected chi connectivity index (χ1v) is 6.76. The van der Waals surface area contributed by atoms with Gasteiger partial charge in [-0.15, -0.1) is 0 Å². The minimum absolute atomic E-state index is 0.302. The highest BCUT2D eigenvalue weighted by molar-refractivity contribution is 5.22. The molecule has 0 aliphatic heterocycles. The van der Waals surface area contributed by atoms with Gasteiger partial charge in [0.05, 0.1) is 0 Å². The van der Waals surface area contributed by atoms with Crippen LogP contribution in [0.15, 0.2) is 24.3 Å². The van der Waals surface area contributed by atoms with Crippen LogP contribution >= 0.6 is 0 Å². The lowest BCUT2D eigenvalue weighted by atomic mass is 10.1. The van der Waals surface area contributed by atoms with E-state index in [-0.39, 0.29) is 0 Å². The number of nitrogens with one attached hydrogen (secondary N) is 1. The first kappa shape index (κ1) is 14.2. The van der Waals surface area contributed by atoms with Crippen molar-refractivity contribution >= 4 is 0 Å². The van der Waals surface area contributed by atoms with Crippen molar-refractivity contribution < 1.29 is 0 Å². The molecule has 1 unspecified atom stereocenters. The molecule has 2 nitrogen and oxygen atoms in total. The molecule has 3 N–H and O–H groups in total. The third-order valence-corrected chi connectivity index (χ3v) is 2.93. The average molecular weight is 234 g/mol. The van der Waals surface area contributed by atoms with Gasteiger partial charge >= 0.3 is 0 Å². The van der Waals surface area contributed by atoms with Crippen LogP contribution in [0.3, 0.4) is 0 Å². The Morgan fingerprint density at radius 3 is 2.18 bits per heavy atom. The summed E-state index contributed by atoms with van der Waals surface area (Å²) in [7, 11) is 0. The standard InChI is InChI=1S/C15H26N2/c1-3-4-14-5-7-15(8-6-14)10-12-17-11-9-13(2)16/h5-8,13,17H,3-4,9-12,16H2,1-2H3. The van der Waals surface area contributed by atoms with Gasteiger partial charge in [0, 0.05) is 6.04 Å². The van der Waals surface area contributed by atoms with Gasteiger partial charge in [0.2, 0.25) is 0 Å². The zero-order valence-electron chi connectivity index (χ0n) is 11.2. The van der Waals surface area contributed by atoms with Crippen molar-refractivity contribution in [3.63, 3.8) is 0 Å². The van der Waals surface area contributed by atoms with E-state index >= 15 is 0 Å². The van der Waals surface area contributed by atoms with Crippen LogP contribution < -0.4 is 11.1 Å². The van der Waals surface area contributed by atoms with Crippen LogP contribution in [-0.2, 0) is 12.8 Å². The summed E-state index contributed by atoms with van der Waals surface area (Å²) in [6.45, 7) is 6.33. The Bertz CT molecular complexity index is 290. The minimum Gasteiger partial charge on any atom is -0.328 e. The fourth-order valence-electron chi connectivity index (χ4n) is 1.85. The van der Waals surface area contributed by atoms with Gasteiger partial charge in [-0.1, -0.05) is 37.6 Å². The molecule has 1 rings (SSSR count). The molecule has 0 heterocycles. The normalized spacial score (nSPS) is 12.6. The molecule has 1 aromatic rings. The molecule has 0 aliphatic carbocycles. The Labute approximate surface area is 106 Å². The second-order valence-electron chi connectivity index (χ2n) is 4.83. The van der Waals surface area contributed by atoms with Crippen LogP contribution in [0, 0.1) is 0 Å². The summed E-state index contributed by atoms with van der Waals surface area (Å²) in [5, 5.41) is 3.42. The summed E-state index contributed by atoms with van der Waals surface area (Å²) in [6.07, 6.45) is 4.56. The highest BCUT2D eigenvalue weighted by Gasteiger charge is 1.96. The SMILES string of the molecule is CCCc1ccc(CCNCCC(C)N)cc1. The third-order valence-electron chi connectivity index (χ3n) is 2.93. The molecule has 17 heavy (non-hydrogen) atoms. The van der Waals surface area contributed by atoms with E-state index in [1.54, 1.807) is 0 Å². The lowest BCUT2D eigenvalue weighted by molar-refractivity contribution is 0.590. The molecular weight excluding hydrogens is 208 g/mol. The van der Waals surface area contributed by atoms with Crippen molar-refractivity contribution in [3.05, 3.63) is 35.4 Å². The van der Waals surface area contributed by atoms with E-state index in [9.17, 15) is 0 Å². The molecule has 1 aromatic carbocycles. The van der Waals surface area contributed by atoms with Crippen LogP contribution in [-0.4, -0.2) is 19.1 Å². The van der Waals surface area contributed by atoms with Gasteiger partial charge in [0.1, 0.15) is 0 Å². The van der Waals surface area contributed by atoms with Crippen molar-refractivity contribution in [1.29, 1.82) is 0 Å². The van der Waals surface area contributed by atoms with Crippen molar-refractivity contribution in [3.8, 4) is 0 Å². The Kier molecular flexibility index (Phi) is 6.90. The lowest BCUT2D eigenvalue weighted by Crippen LogP contribution is -2.25. The van der Waals surface area contributed by atoms with Crippen molar-refractivity contribution in [2.24, 2.45) is 5.73 Å². The fraction of sp³-hybridized carbons (Fsp3) is 0.600. The van der Waals surface area contributed by atoms with Gasteiger partial charge in [0.25, 0.3) is 0 Å².